The zero-order valence-electron chi connectivity index (χ0n) is 27.9. The lowest BCUT2D eigenvalue weighted by Gasteiger charge is -2.32. The minimum atomic E-state index is -4.04. The molecule has 9 nitrogen and oxygen atoms in total. The van der Waals surface area contributed by atoms with Crippen LogP contribution in [0.3, 0.4) is 0 Å². The van der Waals surface area contributed by atoms with Gasteiger partial charge in [0.2, 0.25) is 0 Å². The maximum absolute atomic E-state index is 13.2. The first-order valence-electron chi connectivity index (χ1n) is 15.7. The zero-order valence-corrected chi connectivity index (χ0v) is 28.8. The molecule has 10 heteroatoms. The molecule has 0 atom stereocenters. The highest BCUT2D eigenvalue weighted by molar-refractivity contribution is 7.92. The van der Waals surface area contributed by atoms with Gasteiger partial charge in [-0.2, -0.15) is 5.26 Å². The molecule has 1 heterocycles. The minimum Gasteiger partial charge on any atom is -0.497 e. The number of methoxy groups -OCH3 is 2. The molecule has 5 rings (SSSR count). The first kappa shape index (κ1) is 35.7. The van der Waals surface area contributed by atoms with Gasteiger partial charge >= 0.3 is 0 Å². The molecule has 0 spiro atoms. The monoisotopic (exact) mass is 667 g/mol. The largest absolute Gasteiger partial charge is 0.497 e. The number of piperidine rings is 1. The minimum absolute atomic E-state index is 0.0986. The van der Waals surface area contributed by atoms with Crippen molar-refractivity contribution >= 4 is 27.4 Å². The molecule has 4 aromatic carbocycles. The summed E-state index contributed by atoms with van der Waals surface area (Å²) in [4.78, 5) is 26.9. The maximum atomic E-state index is 13.2. The lowest BCUT2D eigenvalue weighted by atomic mass is 9.89. The Morgan fingerprint density at radius 3 is 2.23 bits per heavy atom. The maximum Gasteiger partial charge on any atom is 0.262 e. The topological polar surface area (TPSA) is 126 Å². The molecule has 1 amide bonds. The van der Waals surface area contributed by atoms with Crippen molar-refractivity contribution in [3.63, 3.8) is 0 Å². The van der Waals surface area contributed by atoms with Gasteiger partial charge in [0.1, 0.15) is 11.5 Å². The number of rotatable bonds is 9. The van der Waals surface area contributed by atoms with E-state index in [1.165, 1.54) is 30.2 Å². The smallest absolute Gasteiger partial charge is 0.262 e. The van der Waals surface area contributed by atoms with Gasteiger partial charge in [-0.05, 0) is 92.1 Å². The van der Waals surface area contributed by atoms with Crippen LogP contribution in [0.4, 0.5) is 5.69 Å². The molecule has 0 unspecified atom stereocenters. The lowest BCUT2D eigenvalue weighted by molar-refractivity contribution is 0.0713. The Hall–Kier alpha value is -5.14. The van der Waals surface area contributed by atoms with Crippen LogP contribution >= 0.6 is 0 Å². The van der Waals surface area contributed by atoms with Gasteiger partial charge in [-0.1, -0.05) is 49.4 Å². The molecule has 1 N–H and O–H groups in total. The fraction of sp³-hybridized carbons (Fsp3) is 0.289. The van der Waals surface area contributed by atoms with Gasteiger partial charge in [0, 0.05) is 30.3 Å². The SMILES string of the molecule is CC(=O)c1ccccc1S(=O)(=O)Nc1cc(C(=O)N2CCC(c3ccc(C#N)cc3)CC2)ccc1C.CCc1ccc(OC)cc1OC. The van der Waals surface area contributed by atoms with Crippen molar-refractivity contribution in [1.29, 1.82) is 5.26 Å². The van der Waals surface area contributed by atoms with Gasteiger partial charge in [-0.3, -0.25) is 14.3 Å². The zero-order chi connectivity index (χ0) is 34.8. The van der Waals surface area contributed by atoms with E-state index in [1.54, 1.807) is 56.4 Å². The van der Waals surface area contributed by atoms with Crippen molar-refractivity contribution in [3.8, 4) is 17.6 Å². The van der Waals surface area contributed by atoms with E-state index in [0.29, 0.717) is 41.4 Å². The number of benzene rings is 4. The number of nitrogens with zero attached hydrogens (tertiary/aromatic N) is 2. The molecule has 1 fully saturated rings. The van der Waals surface area contributed by atoms with Crippen LogP contribution in [0.1, 0.15) is 75.6 Å². The molecular weight excluding hydrogens is 627 g/mol. The number of anilines is 1. The molecule has 0 aromatic heterocycles. The molecule has 250 valence electrons. The Kier molecular flexibility index (Phi) is 12.0. The van der Waals surface area contributed by atoms with Crippen molar-refractivity contribution in [2.24, 2.45) is 0 Å². The second-order valence-corrected chi connectivity index (χ2v) is 13.2. The standard InChI is InChI=1S/C28H27N3O4S.C10H14O2/c1-19-7-10-24(17-26(19)30-36(34,35)27-6-4-3-5-25(27)20(2)32)28(33)31-15-13-23(14-16-31)22-11-8-21(18-29)9-12-22;1-4-8-5-6-9(11-2)7-10(8)12-3/h3-12,17,23,30H,13-16H2,1-2H3;5-7H,4H2,1-3H3. The Bertz CT molecular complexity index is 1910. The van der Waals surface area contributed by atoms with Crippen LogP contribution in [-0.2, 0) is 16.4 Å². The summed E-state index contributed by atoms with van der Waals surface area (Å²) in [6.07, 6.45) is 2.60. The number of hydrogen-bond acceptors (Lipinski definition) is 7. The fourth-order valence-corrected chi connectivity index (χ4v) is 7.01. The number of carbonyl (C=O) groups is 2. The first-order chi connectivity index (χ1) is 23.0. The lowest BCUT2D eigenvalue weighted by Crippen LogP contribution is -2.38. The van der Waals surface area contributed by atoms with Gasteiger partial charge in [0.05, 0.1) is 36.4 Å². The second kappa shape index (κ2) is 16.1. The number of Topliss-reactive ketones (excluding diaryl/α,β-unsaturated/α-hetero) is 1. The molecule has 1 aliphatic rings. The first-order valence-corrected chi connectivity index (χ1v) is 17.2. The number of ether oxygens (including phenoxy) is 2. The summed E-state index contributed by atoms with van der Waals surface area (Å²) >= 11 is 0. The Balaban J connectivity index is 0.000000365. The quantitative estimate of drug-likeness (QED) is 0.188. The van der Waals surface area contributed by atoms with E-state index in [-0.39, 0.29) is 22.1 Å². The molecule has 48 heavy (non-hydrogen) atoms. The fourth-order valence-electron chi connectivity index (χ4n) is 5.63. The van der Waals surface area contributed by atoms with Crippen molar-refractivity contribution in [3.05, 3.63) is 118 Å². The van der Waals surface area contributed by atoms with Crippen LogP contribution in [-0.4, -0.2) is 52.3 Å². The number of hydrogen-bond donors (Lipinski definition) is 1. The molecule has 1 aliphatic heterocycles. The van der Waals surface area contributed by atoms with Gasteiger partial charge < -0.3 is 14.4 Å². The average molecular weight is 668 g/mol. The number of nitriles is 1. The summed E-state index contributed by atoms with van der Waals surface area (Å²) in [5, 5.41) is 8.99. The van der Waals surface area contributed by atoms with Crippen molar-refractivity contribution in [2.75, 3.05) is 32.0 Å². The third kappa shape index (κ3) is 8.60. The summed E-state index contributed by atoms with van der Waals surface area (Å²) < 4.78 is 39.0. The Morgan fingerprint density at radius 2 is 1.62 bits per heavy atom. The number of sulfonamides is 1. The van der Waals surface area contributed by atoms with Crippen molar-refractivity contribution < 1.29 is 27.5 Å². The summed E-state index contributed by atoms with van der Waals surface area (Å²) in [7, 11) is -0.710. The number of amides is 1. The molecule has 1 saturated heterocycles. The van der Waals surface area contributed by atoms with E-state index >= 15 is 0 Å². The van der Waals surface area contributed by atoms with Gasteiger partial charge in [-0.25, -0.2) is 8.42 Å². The predicted octanol–water partition coefficient (Wildman–Crippen LogP) is 7.16. The third-order valence-electron chi connectivity index (χ3n) is 8.45. The number of aryl methyl sites for hydroxylation is 2. The normalized spacial score (nSPS) is 13.0. The summed E-state index contributed by atoms with van der Waals surface area (Å²) in [6, 6.07) is 26.6. The molecule has 0 bridgehead atoms. The highest BCUT2D eigenvalue weighted by Crippen LogP contribution is 2.30. The summed E-state index contributed by atoms with van der Waals surface area (Å²) in [6.45, 7) is 6.36. The highest BCUT2D eigenvalue weighted by Gasteiger charge is 2.26. The molecule has 4 aromatic rings. The van der Waals surface area contributed by atoms with Crippen LogP contribution in [0.25, 0.3) is 0 Å². The second-order valence-electron chi connectivity index (χ2n) is 11.5. The van der Waals surface area contributed by atoms with E-state index in [1.807, 2.05) is 42.5 Å². The Morgan fingerprint density at radius 1 is 0.938 bits per heavy atom. The highest BCUT2D eigenvalue weighted by atomic mass is 32.2. The van der Waals surface area contributed by atoms with Crippen LogP contribution in [0.5, 0.6) is 11.5 Å². The van der Waals surface area contributed by atoms with E-state index in [2.05, 4.69) is 17.7 Å². The van der Waals surface area contributed by atoms with Crippen LogP contribution in [0.15, 0.2) is 89.8 Å². The number of nitrogens with one attached hydrogen (secondary N) is 1. The molecule has 0 aliphatic carbocycles. The molecular formula is C38H41N3O6S. The summed E-state index contributed by atoms with van der Waals surface area (Å²) in [5.41, 5.74) is 4.47. The van der Waals surface area contributed by atoms with E-state index in [4.69, 9.17) is 14.7 Å². The van der Waals surface area contributed by atoms with E-state index in [9.17, 15) is 18.0 Å². The summed E-state index contributed by atoms with van der Waals surface area (Å²) in [5.74, 6) is 1.56. The van der Waals surface area contributed by atoms with Crippen LogP contribution in [0, 0.1) is 18.3 Å². The van der Waals surface area contributed by atoms with E-state index in [0.717, 1.165) is 30.8 Å². The van der Waals surface area contributed by atoms with Gasteiger partial charge in [0.25, 0.3) is 15.9 Å². The molecule has 0 saturated carbocycles. The van der Waals surface area contributed by atoms with Gasteiger partial charge in [0.15, 0.2) is 5.78 Å². The number of carbonyl (C=O) groups excluding carboxylic acids is 2. The van der Waals surface area contributed by atoms with Gasteiger partial charge in [-0.15, -0.1) is 0 Å². The average Bonchev–Trinajstić information content (AvgIpc) is 3.12. The Labute approximate surface area is 283 Å². The molecule has 0 radical (unpaired) electrons. The predicted molar refractivity (Wildman–Crippen MR) is 186 cm³/mol. The van der Waals surface area contributed by atoms with Crippen LogP contribution in [0.2, 0.25) is 0 Å². The number of likely N-dealkylation sites (tertiary alicyclic amines) is 1. The van der Waals surface area contributed by atoms with Crippen LogP contribution < -0.4 is 14.2 Å². The van der Waals surface area contributed by atoms with E-state index < -0.39 is 10.0 Å². The third-order valence-corrected chi connectivity index (χ3v) is 9.88. The van der Waals surface area contributed by atoms with Crippen molar-refractivity contribution in [1.82, 2.24) is 4.90 Å². The number of ketones is 1. The van der Waals surface area contributed by atoms with Crippen molar-refractivity contribution in [2.45, 2.75) is 50.8 Å².